The summed E-state index contributed by atoms with van der Waals surface area (Å²) in [6, 6.07) is 0. The summed E-state index contributed by atoms with van der Waals surface area (Å²) in [5, 5.41) is 3.33. The molecule has 0 aromatic heterocycles. The third-order valence-electron chi connectivity index (χ3n) is 1.77. The van der Waals surface area contributed by atoms with Crippen molar-refractivity contribution in [2.45, 2.75) is 33.1 Å². The minimum absolute atomic E-state index is 0.638. The Morgan fingerprint density at radius 1 is 1.29 bits per heavy atom. The van der Waals surface area contributed by atoms with E-state index in [2.05, 4.69) is 25.1 Å². The van der Waals surface area contributed by atoms with Crippen LogP contribution >= 0.6 is 0 Å². The molecule has 0 bridgehead atoms. The molecule has 0 saturated heterocycles. The molecule has 0 atom stereocenters. The van der Waals surface area contributed by atoms with Gasteiger partial charge in [0.1, 0.15) is 0 Å². The van der Waals surface area contributed by atoms with E-state index < -0.39 is 0 Å². The highest BCUT2D eigenvalue weighted by Gasteiger charge is 1.93. The lowest BCUT2D eigenvalue weighted by Gasteiger charge is -2.07. The summed E-state index contributed by atoms with van der Waals surface area (Å²) in [5.41, 5.74) is 0. The Morgan fingerprint density at radius 3 is 2.64 bits per heavy atom. The van der Waals surface area contributed by atoms with Crippen LogP contribution in [0, 0.1) is 18.3 Å². The minimum atomic E-state index is 0.638. The number of unbranched alkanes of at least 4 members (excludes halogenated alkanes) is 1. The lowest BCUT2D eigenvalue weighted by Crippen LogP contribution is -2.18. The van der Waals surface area contributed by atoms with Gasteiger partial charge in [0.05, 0.1) is 0 Å². The second-order valence-electron chi connectivity index (χ2n) is 3.88. The normalized spacial score (nSPS) is 10.4. The molecule has 82 valence electrons. The van der Waals surface area contributed by atoms with E-state index in [0.717, 1.165) is 45.6 Å². The predicted octanol–water partition coefficient (Wildman–Crippen LogP) is 2.05. The summed E-state index contributed by atoms with van der Waals surface area (Å²) >= 11 is 0. The van der Waals surface area contributed by atoms with Crippen LogP contribution in [-0.4, -0.2) is 26.3 Å². The number of nitrogens with one attached hydrogen (secondary N) is 1. The van der Waals surface area contributed by atoms with Crippen molar-refractivity contribution < 1.29 is 4.74 Å². The predicted molar refractivity (Wildman–Crippen MR) is 61.2 cm³/mol. The molecule has 0 radical (unpaired) electrons. The average Bonchev–Trinajstić information content (AvgIpc) is 2.15. The largest absolute Gasteiger partial charge is 0.381 e. The Hall–Kier alpha value is -0.520. The Bertz CT molecular complexity index is 149. The van der Waals surface area contributed by atoms with Crippen molar-refractivity contribution in [1.82, 2.24) is 5.32 Å². The van der Waals surface area contributed by atoms with E-state index in [4.69, 9.17) is 11.2 Å². The fourth-order valence-electron chi connectivity index (χ4n) is 1.06. The minimum Gasteiger partial charge on any atom is -0.381 e. The van der Waals surface area contributed by atoms with E-state index >= 15 is 0 Å². The maximum absolute atomic E-state index is 5.45. The highest BCUT2D eigenvalue weighted by atomic mass is 16.5. The zero-order chi connectivity index (χ0) is 10.6. The Labute approximate surface area is 88.4 Å². The van der Waals surface area contributed by atoms with Gasteiger partial charge in [-0.25, -0.2) is 0 Å². The van der Waals surface area contributed by atoms with Gasteiger partial charge in [0.15, 0.2) is 0 Å². The van der Waals surface area contributed by atoms with Gasteiger partial charge in [-0.3, -0.25) is 0 Å². The van der Waals surface area contributed by atoms with Crippen LogP contribution in [0.15, 0.2) is 0 Å². The first-order chi connectivity index (χ1) is 6.77. The third kappa shape index (κ3) is 11.5. The number of ether oxygens (including phenoxy) is 1. The Kier molecular flexibility index (Phi) is 10.2. The van der Waals surface area contributed by atoms with Crippen molar-refractivity contribution in [3.8, 4) is 12.3 Å². The van der Waals surface area contributed by atoms with Crippen molar-refractivity contribution in [2.75, 3.05) is 26.3 Å². The number of terminal acetylenes is 1. The molecule has 14 heavy (non-hydrogen) atoms. The molecule has 2 heteroatoms. The molecule has 0 aromatic rings. The highest BCUT2D eigenvalue weighted by Crippen LogP contribution is 1.92. The number of hydrogen-bond acceptors (Lipinski definition) is 2. The molecule has 0 spiro atoms. The molecule has 1 N–H and O–H groups in total. The van der Waals surface area contributed by atoms with Crippen LogP contribution in [0.2, 0.25) is 0 Å². The molecule has 0 fully saturated rings. The van der Waals surface area contributed by atoms with E-state index in [1.54, 1.807) is 0 Å². The van der Waals surface area contributed by atoms with Gasteiger partial charge in [-0.2, -0.15) is 0 Å². The summed E-state index contributed by atoms with van der Waals surface area (Å²) in [6.07, 6.45) is 8.17. The summed E-state index contributed by atoms with van der Waals surface area (Å²) in [5.74, 6) is 3.26. The molecule has 0 aliphatic rings. The van der Waals surface area contributed by atoms with Gasteiger partial charge in [0, 0.05) is 19.6 Å². The van der Waals surface area contributed by atoms with Crippen LogP contribution in [0.25, 0.3) is 0 Å². The van der Waals surface area contributed by atoms with Crippen LogP contribution in [0.1, 0.15) is 33.1 Å². The molecule has 0 heterocycles. The van der Waals surface area contributed by atoms with Gasteiger partial charge < -0.3 is 10.1 Å². The molecule has 0 aromatic carbocycles. The number of hydrogen-bond donors (Lipinski definition) is 1. The van der Waals surface area contributed by atoms with Gasteiger partial charge in [0.2, 0.25) is 0 Å². The summed E-state index contributed by atoms with van der Waals surface area (Å²) in [6.45, 7) is 8.12. The Morgan fingerprint density at radius 2 is 2.00 bits per heavy atom. The van der Waals surface area contributed by atoms with Gasteiger partial charge in [-0.1, -0.05) is 13.8 Å². The van der Waals surface area contributed by atoms with Crippen molar-refractivity contribution in [3.63, 3.8) is 0 Å². The zero-order valence-corrected chi connectivity index (χ0v) is 9.51. The van der Waals surface area contributed by atoms with E-state index in [1.165, 1.54) is 0 Å². The molecular weight excluding hydrogens is 174 g/mol. The number of rotatable bonds is 9. The first-order valence-corrected chi connectivity index (χ1v) is 5.49. The van der Waals surface area contributed by atoms with Crippen molar-refractivity contribution in [1.29, 1.82) is 0 Å². The van der Waals surface area contributed by atoms with Gasteiger partial charge >= 0.3 is 0 Å². The quantitative estimate of drug-likeness (QED) is 0.451. The molecular formula is C12H23NO. The van der Waals surface area contributed by atoms with Crippen LogP contribution in [0.3, 0.4) is 0 Å². The summed E-state index contributed by atoms with van der Waals surface area (Å²) in [7, 11) is 0. The highest BCUT2D eigenvalue weighted by molar-refractivity contribution is 4.83. The molecule has 0 aliphatic carbocycles. The first kappa shape index (κ1) is 13.5. The molecule has 0 unspecified atom stereocenters. The fraction of sp³-hybridized carbons (Fsp3) is 0.833. The topological polar surface area (TPSA) is 21.3 Å². The van der Waals surface area contributed by atoms with Crippen LogP contribution < -0.4 is 5.32 Å². The molecule has 0 saturated carbocycles. The first-order valence-electron chi connectivity index (χ1n) is 5.49. The fourth-order valence-corrected chi connectivity index (χ4v) is 1.06. The third-order valence-corrected chi connectivity index (χ3v) is 1.77. The van der Waals surface area contributed by atoms with E-state index in [9.17, 15) is 0 Å². The van der Waals surface area contributed by atoms with Gasteiger partial charge in [-0.05, 0) is 31.8 Å². The molecule has 0 aliphatic heterocycles. The summed E-state index contributed by atoms with van der Waals surface area (Å²) < 4.78 is 5.45. The monoisotopic (exact) mass is 197 g/mol. The molecule has 0 amide bonds. The molecule has 0 rings (SSSR count). The average molecular weight is 197 g/mol. The Balaban J connectivity index is 2.89. The van der Waals surface area contributed by atoms with Crippen molar-refractivity contribution in [3.05, 3.63) is 0 Å². The van der Waals surface area contributed by atoms with Crippen LogP contribution in [-0.2, 0) is 4.74 Å². The second kappa shape index (κ2) is 10.6. The second-order valence-corrected chi connectivity index (χ2v) is 3.88. The zero-order valence-electron chi connectivity index (χ0n) is 9.51. The standard InChI is InChI=1S/C12H23NO/c1-4-5-6-8-13-9-7-10-14-11-12(2)3/h1,12-13H,5-11H2,2-3H3. The van der Waals surface area contributed by atoms with Crippen molar-refractivity contribution in [2.24, 2.45) is 5.92 Å². The molecule has 2 nitrogen and oxygen atoms in total. The van der Waals surface area contributed by atoms with Gasteiger partial charge in [-0.15, -0.1) is 12.3 Å². The summed E-state index contributed by atoms with van der Waals surface area (Å²) in [4.78, 5) is 0. The smallest absolute Gasteiger partial charge is 0.0489 e. The lowest BCUT2D eigenvalue weighted by atomic mass is 10.2. The SMILES string of the molecule is C#CCCCNCCCOCC(C)C. The maximum atomic E-state index is 5.45. The van der Waals surface area contributed by atoms with Gasteiger partial charge in [0.25, 0.3) is 0 Å². The van der Waals surface area contributed by atoms with Crippen LogP contribution in [0.4, 0.5) is 0 Å². The van der Waals surface area contributed by atoms with Crippen LogP contribution in [0.5, 0.6) is 0 Å². The van der Waals surface area contributed by atoms with E-state index in [-0.39, 0.29) is 0 Å². The van der Waals surface area contributed by atoms with Crippen molar-refractivity contribution >= 4 is 0 Å². The van der Waals surface area contributed by atoms with E-state index in [0.29, 0.717) is 5.92 Å². The van der Waals surface area contributed by atoms with E-state index in [1.807, 2.05) is 0 Å². The lowest BCUT2D eigenvalue weighted by molar-refractivity contribution is 0.108. The maximum Gasteiger partial charge on any atom is 0.0489 e.